The van der Waals surface area contributed by atoms with Gasteiger partial charge in [0.25, 0.3) is 0 Å². The standard InChI is InChI=1S/C17H30N2/c1-5-6-11-19(4)13-17(18)16-9-7-15(8-10-16)12-14(2)3/h7-10,14,17H,5-6,11-13,18H2,1-4H3. The first-order valence-corrected chi connectivity index (χ1v) is 7.55. The summed E-state index contributed by atoms with van der Waals surface area (Å²) in [6.07, 6.45) is 3.63. The summed E-state index contributed by atoms with van der Waals surface area (Å²) >= 11 is 0. The first-order valence-electron chi connectivity index (χ1n) is 7.55. The van der Waals surface area contributed by atoms with Crippen LogP contribution in [0, 0.1) is 5.92 Å². The van der Waals surface area contributed by atoms with E-state index in [0.29, 0.717) is 5.92 Å². The van der Waals surface area contributed by atoms with Gasteiger partial charge in [-0.15, -0.1) is 0 Å². The Bertz CT molecular complexity index is 343. The van der Waals surface area contributed by atoms with Crippen molar-refractivity contribution in [3.63, 3.8) is 0 Å². The molecule has 0 spiro atoms. The van der Waals surface area contributed by atoms with Crippen molar-refractivity contribution in [3.8, 4) is 0 Å². The van der Waals surface area contributed by atoms with E-state index in [0.717, 1.165) is 19.5 Å². The summed E-state index contributed by atoms with van der Waals surface area (Å²) in [4.78, 5) is 2.33. The van der Waals surface area contributed by atoms with Crippen LogP contribution in [-0.4, -0.2) is 25.0 Å². The molecule has 1 atom stereocenters. The Hall–Kier alpha value is -0.860. The first kappa shape index (κ1) is 16.2. The molecule has 1 aromatic rings. The highest BCUT2D eigenvalue weighted by atomic mass is 15.1. The third-order valence-electron chi connectivity index (χ3n) is 3.45. The molecule has 0 heterocycles. The zero-order valence-electron chi connectivity index (χ0n) is 13.0. The monoisotopic (exact) mass is 262 g/mol. The number of benzene rings is 1. The fourth-order valence-electron chi connectivity index (χ4n) is 2.33. The second-order valence-electron chi connectivity index (χ2n) is 6.06. The molecule has 0 bridgehead atoms. The molecule has 2 heteroatoms. The summed E-state index contributed by atoms with van der Waals surface area (Å²) in [6.45, 7) is 8.80. The van der Waals surface area contributed by atoms with E-state index in [1.165, 1.54) is 24.0 Å². The topological polar surface area (TPSA) is 29.3 Å². The van der Waals surface area contributed by atoms with E-state index >= 15 is 0 Å². The Morgan fingerprint density at radius 1 is 1.16 bits per heavy atom. The second kappa shape index (κ2) is 8.34. The van der Waals surface area contributed by atoms with Crippen LogP contribution in [0.4, 0.5) is 0 Å². The van der Waals surface area contributed by atoms with Crippen molar-refractivity contribution in [3.05, 3.63) is 35.4 Å². The van der Waals surface area contributed by atoms with Crippen molar-refractivity contribution in [2.24, 2.45) is 11.7 Å². The molecule has 0 saturated heterocycles. The highest BCUT2D eigenvalue weighted by molar-refractivity contribution is 5.25. The molecular formula is C17H30N2. The molecular weight excluding hydrogens is 232 g/mol. The number of likely N-dealkylation sites (N-methyl/N-ethyl adjacent to an activating group) is 1. The predicted octanol–water partition coefficient (Wildman–Crippen LogP) is 3.62. The summed E-state index contributed by atoms with van der Waals surface area (Å²) in [5.74, 6) is 0.708. The van der Waals surface area contributed by atoms with E-state index in [9.17, 15) is 0 Å². The van der Waals surface area contributed by atoms with E-state index < -0.39 is 0 Å². The minimum atomic E-state index is 0.120. The molecule has 1 aromatic carbocycles. The van der Waals surface area contributed by atoms with Crippen LogP contribution < -0.4 is 5.73 Å². The fourth-order valence-corrected chi connectivity index (χ4v) is 2.33. The Morgan fingerprint density at radius 3 is 2.32 bits per heavy atom. The number of hydrogen-bond acceptors (Lipinski definition) is 2. The minimum Gasteiger partial charge on any atom is -0.323 e. The average Bonchev–Trinajstić information content (AvgIpc) is 2.36. The molecule has 0 amide bonds. The Balaban J connectivity index is 2.50. The average molecular weight is 262 g/mol. The van der Waals surface area contributed by atoms with Gasteiger partial charge in [0.15, 0.2) is 0 Å². The first-order chi connectivity index (χ1) is 9.02. The van der Waals surface area contributed by atoms with Gasteiger partial charge in [0.1, 0.15) is 0 Å². The molecule has 0 aliphatic heterocycles. The molecule has 19 heavy (non-hydrogen) atoms. The van der Waals surface area contributed by atoms with Gasteiger partial charge in [-0.1, -0.05) is 51.5 Å². The lowest BCUT2D eigenvalue weighted by atomic mass is 9.99. The van der Waals surface area contributed by atoms with Gasteiger partial charge in [0, 0.05) is 12.6 Å². The number of nitrogens with zero attached hydrogens (tertiary/aromatic N) is 1. The molecule has 0 aliphatic rings. The Labute approximate surface area is 119 Å². The number of hydrogen-bond donors (Lipinski definition) is 1. The third-order valence-corrected chi connectivity index (χ3v) is 3.45. The van der Waals surface area contributed by atoms with E-state index in [1.807, 2.05) is 0 Å². The molecule has 0 aliphatic carbocycles. The van der Waals surface area contributed by atoms with Gasteiger partial charge in [0.05, 0.1) is 0 Å². The van der Waals surface area contributed by atoms with Crippen LogP contribution in [-0.2, 0) is 6.42 Å². The van der Waals surface area contributed by atoms with Crippen molar-refractivity contribution in [2.75, 3.05) is 20.1 Å². The summed E-state index contributed by atoms with van der Waals surface area (Å²) in [7, 11) is 2.16. The molecule has 0 aromatic heterocycles. The van der Waals surface area contributed by atoms with Crippen LogP contribution in [0.15, 0.2) is 24.3 Å². The summed E-state index contributed by atoms with van der Waals surface area (Å²) in [6, 6.07) is 8.95. The molecule has 1 rings (SSSR count). The molecule has 0 saturated carbocycles. The summed E-state index contributed by atoms with van der Waals surface area (Å²) in [5, 5.41) is 0. The highest BCUT2D eigenvalue weighted by Gasteiger charge is 2.09. The van der Waals surface area contributed by atoms with Gasteiger partial charge >= 0.3 is 0 Å². The zero-order chi connectivity index (χ0) is 14.3. The number of rotatable bonds is 8. The summed E-state index contributed by atoms with van der Waals surface area (Å²) in [5.41, 5.74) is 8.93. The maximum absolute atomic E-state index is 6.28. The van der Waals surface area contributed by atoms with Crippen molar-refractivity contribution in [2.45, 2.75) is 46.1 Å². The lowest BCUT2D eigenvalue weighted by Crippen LogP contribution is -2.29. The van der Waals surface area contributed by atoms with Crippen LogP contribution in [0.2, 0.25) is 0 Å². The number of unbranched alkanes of at least 4 members (excludes halogenated alkanes) is 1. The minimum absolute atomic E-state index is 0.120. The highest BCUT2D eigenvalue weighted by Crippen LogP contribution is 2.15. The van der Waals surface area contributed by atoms with Crippen molar-refractivity contribution in [1.29, 1.82) is 0 Å². The van der Waals surface area contributed by atoms with Crippen LogP contribution in [0.1, 0.15) is 50.8 Å². The Morgan fingerprint density at radius 2 is 1.79 bits per heavy atom. The molecule has 0 radical (unpaired) electrons. The van der Waals surface area contributed by atoms with Crippen LogP contribution in [0.5, 0.6) is 0 Å². The lowest BCUT2D eigenvalue weighted by molar-refractivity contribution is 0.307. The van der Waals surface area contributed by atoms with Gasteiger partial charge in [-0.2, -0.15) is 0 Å². The van der Waals surface area contributed by atoms with Crippen molar-refractivity contribution < 1.29 is 0 Å². The normalized spacial score (nSPS) is 13.2. The number of nitrogens with two attached hydrogens (primary N) is 1. The fraction of sp³-hybridized carbons (Fsp3) is 0.647. The maximum Gasteiger partial charge on any atom is 0.0424 e. The van der Waals surface area contributed by atoms with E-state index in [4.69, 9.17) is 5.73 Å². The molecule has 108 valence electrons. The lowest BCUT2D eigenvalue weighted by Gasteiger charge is -2.21. The van der Waals surface area contributed by atoms with Crippen molar-refractivity contribution in [1.82, 2.24) is 4.90 Å². The van der Waals surface area contributed by atoms with Gasteiger partial charge in [-0.3, -0.25) is 0 Å². The second-order valence-corrected chi connectivity index (χ2v) is 6.06. The van der Waals surface area contributed by atoms with Crippen LogP contribution in [0.3, 0.4) is 0 Å². The Kier molecular flexibility index (Phi) is 7.11. The zero-order valence-corrected chi connectivity index (χ0v) is 13.0. The smallest absolute Gasteiger partial charge is 0.0424 e. The van der Waals surface area contributed by atoms with Crippen LogP contribution >= 0.6 is 0 Å². The van der Waals surface area contributed by atoms with Gasteiger partial charge in [-0.05, 0) is 43.5 Å². The largest absolute Gasteiger partial charge is 0.323 e. The van der Waals surface area contributed by atoms with E-state index in [1.54, 1.807) is 0 Å². The molecule has 2 N–H and O–H groups in total. The van der Waals surface area contributed by atoms with Gasteiger partial charge < -0.3 is 10.6 Å². The SMILES string of the molecule is CCCCN(C)CC(N)c1ccc(CC(C)C)cc1. The quantitative estimate of drug-likeness (QED) is 0.775. The van der Waals surface area contributed by atoms with E-state index in [2.05, 4.69) is 57.0 Å². The van der Waals surface area contributed by atoms with E-state index in [-0.39, 0.29) is 6.04 Å². The van der Waals surface area contributed by atoms with Crippen LogP contribution in [0.25, 0.3) is 0 Å². The van der Waals surface area contributed by atoms with Crippen molar-refractivity contribution >= 4 is 0 Å². The van der Waals surface area contributed by atoms with Gasteiger partial charge in [-0.25, -0.2) is 0 Å². The predicted molar refractivity (Wildman–Crippen MR) is 84.3 cm³/mol. The maximum atomic E-state index is 6.28. The molecule has 2 nitrogen and oxygen atoms in total. The molecule has 0 fully saturated rings. The summed E-state index contributed by atoms with van der Waals surface area (Å²) < 4.78 is 0. The van der Waals surface area contributed by atoms with Gasteiger partial charge in [0.2, 0.25) is 0 Å². The molecule has 1 unspecified atom stereocenters. The third kappa shape index (κ3) is 6.22.